The van der Waals surface area contributed by atoms with Gasteiger partial charge in [-0.15, -0.1) is 0 Å². The fourth-order valence-corrected chi connectivity index (χ4v) is 5.48. The summed E-state index contributed by atoms with van der Waals surface area (Å²) < 4.78 is 1.99. The molecule has 2 amide bonds. The molecule has 5 rings (SSSR count). The molecule has 8 heteroatoms. The average Bonchev–Trinajstić information content (AvgIpc) is 3.32. The Labute approximate surface area is 195 Å². The van der Waals surface area contributed by atoms with E-state index in [9.17, 15) is 9.59 Å². The van der Waals surface area contributed by atoms with Crippen molar-refractivity contribution in [2.75, 3.05) is 0 Å². The lowest BCUT2D eigenvalue weighted by Gasteiger charge is -2.24. The Bertz CT molecular complexity index is 1330. The highest BCUT2D eigenvalue weighted by molar-refractivity contribution is 14.2. The summed E-state index contributed by atoms with van der Waals surface area (Å²) in [5.74, 6) is -0.488. The van der Waals surface area contributed by atoms with Crippen molar-refractivity contribution in [3.05, 3.63) is 83.3 Å². The summed E-state index contributed by atoms with van der Waals surface area (Å²) in [4.78, 5) is 36.0. The molecule has 1 aliphatic heterocycles. The van der Waals surface area contributed by atoms with Gasteiger partial charge in [-0.1, -0.05) is 24.3 Å². The molecule has 6 nitrogen and oxygen atoms in total. The number of fused-ring (bicyclic) bond motifs is 2. The number of halogens is 1. The zero-order chi connectivity index (χ0) is 21.7. The summed E-state index contributed by atoms with van der Waals surface area (Å²) in [7, 11) is 1.55. The summed E-state index contributed by atoms with van der Waals surface area (Å²) in [6, 6.07) is 14.7. The maximum absolute atomic E-state index is 12.9. The molecule has 0 saturated carbocycles. The van der Waals surface area contributed by atoms with Crippen LogP contribution in [0, 0.1) is 6.92 Å². The van der Waals surface area contributed by atoms with Gasteiger partial charge in [0.2, 0.25) is 0 Å². The third-order valence-corrected chi connectivity index (χ3v) is 7.45. The van der Waals surface area contributed by atoms with Gasteiger partial charge >= 0.3 is 0 Å². The first kappa shape index (κ1) is 20.2. The van der Waals surface area contributed by atoms with Crippen molar-refractivity contribution in [1.29, 1.82) is 0 Å². The summed E-state index contributed by atoms with van der Waals surface area (Å²) in [5.41, 5.74) is 5.56. The van der Waals surface area contributed by atoms with E-state index in [1.807, 2.05) is 42.2 Å². The van der Waals surface area contributed by atoms with E-state index in [4.69, 9.17) is 0 Å². The van der Waals surface area contributed by atoms with Crippen LogP contribution in [0.15, 0.2) is 61.1 Å². The zero-order valence-corrected chi connectivity index (χ0v) is 19.7. The summed E-state index contributed by atoms with van der Waals surface area (Å²) in [5, 5.41) is 0.979. The molecular weight excluding hydrogens is 523 g/mol. The van der Waals surface area contributed by atoms with Gasteiger partial charge in [0.15, 0.2) is 5.65 Å². The first-order valence-corrected chi connectivity index (χ1v) is 13.0. The largest absolute Gasteiger partial charge is 0.269 e. The van der Waals surface area contributed by atoms with E-state index in [1.54, 1.807) is 39.7 Å². The fraction of sp³-hybridized carbons (Fsp3) is 0.130. The molecule has 4 aromatic rings. The number of carbonyl (C=O) groups excluding carboxylic acids is 2. The van der Waals surface area contributed by atoms with Crippen molar-refractivity contribution < 1.29 is 9.59 Å². The maximum Gasteiger partial charge on any atom is 0.262 e. The van der Waals surface area contributed by atoms with Crippen molar-refractivity contribution in [2.24, 2.45) is 0 Å². The minimum atomic E-state index is -0.372. The second-order valence-electron chi connectivity index (χ2n) is 7.44. The van der Waals surface area contributed by atoms with Crippen molar-refractivity contribution >= 4 is 53.2 Å². The molecule has 0 aliphatic carbocycles. The first-order valence-electron chi connectivity index (χ1n) is 9.70. The zero-order valence-electron chi connectivity index (χ0n) is 16.7. The minimum Gasteiger partial charge on any atom is -0.269 e. The highest BCUT2D eigenvalue weighted by Gasteiger charge is 2.38. The molecule has 3 heterocycles. The first-order chi connectivity index (χ1) is 15.0. The van der Waals surface area contributed by atoms with Gasteiger partial charge in [-0.25, -0.2) is 9.97 Å². The lowest BCUT2D eigenvalue weighted by molar-refractivity contribution is 0.0595. The lowest BCUT2D eigenvalue weighted by atomic mass is 9.97. The van der Waals surface area contributed by atoms with Gasteiger partial charge in [0, 0.05) is 47.5 Å². The van der Waals surface area contributed by atoms with E-state index < -0.39 is 0 Å². The van der Waals surface area contributed by atoms with Crippen LogP contribution in [0.3, 0.4) is 0 Å². The van der Waals surface area contributed by atoms with E-state index >= 15 is 0 Å². The van der Waals surface area contributed by atoms with Crippen molar-refractivity contribution in [3.63, 3.8) is 0 Å². The molecule has 1 aliphatic rings. The van der Waals surface area contributed by atoms with E-state index in [0.717, 1.165) is 33.4 Å². The minimum absolute atomic E-state index is 0.244. The van der Waals surface area contributed by atoms with Crippen LogP contribution in [0.5, 0.6) is 0 Å². The molecule has 0 radical (unpaired) electrons. The normalized spacial score (nSPS) is 14.4. The molecule has 1 unspecified atom stereocenters. The number of hydrogen-bond acceptors (Lipinski definition) is 5. The van der Waals surface area contributed by atoms with Crippen LogP contribution in [-0.4, -0.2) is 30.7 Å². The Balaban J connectivity index is 1.52. The summed E-state index contributed by atoms with van der Waals surface area (Å²) in [6.07, 6.45) is 3.55. The Morgan fingerprint density at radius 3 is 2.35 bits per heavy atom. The average molecular weight is 540 g/mol. The highest BCUT2D eigenvalue weighted by atomic mass is 127. The Kier molecular flexibility index (Phi) is 5.05. The van der Waals surface area contributed by atoms with Crippen LogP contribution in [0.2, 0.25) is 0 Å². The molecular formula is C23H17IN4O2S. The van der Waals surface area contributed by atoms with Crippen molar-refractivity contribution in [2.45, 2.75) is 19.9 Å². The maximum atomic E-state index is 12.9. The van der Waals surface area contributed by atoms with Crippen LogP contribution >= 0.6 is 30.3 Å². The number of amides is 2. The number of nitrogens with zero attached hydrogens (tertiary/aromatic N) is 4. The third-order valence-electron chi connectivity index (χ3n) is 5.73. The highest BCUT2D eigenvalue weighted by Crippen LogP contribution is 2.35. The van der Waals surface area contributed by atoms with Crippen LogP contribution < -0.4 is 0 Å². The molecule has 0 saturated heterocycles. The Hall–Kier alpha value is -2.72. The van der Waals surface area contributed by atoms with E-state index in [2.05, 4.69) is 37.2 Å². The molecule has 2 aromatic heterocycles. The number of benzene rings is 2. The van der Waals surface area contributed by atoms with Crippen LogP contribution in [0.4, 0.5) is 0 Å². The third kappa shape index (κ3) is 3.16. The van der Waals surface area contributed by atoms with Crippen molar-refractivity contribution in [1.82, 2.24) is 18.8 Å². The predicted octanol–water partition coefficient (Wildman–Crippen LogP) is 5.61. The molecule has 1 atom stereocenters. The van der Waals surface area contributed by atoms with Gasteiger partial charge in [-0.2, -0.15) is 0 Å². The number of hydrogen-bond donors (Lipinski definition) is 0. The van der Waals surface area contributed by atoms with E-state index in [-0.39, 0.29) is 17.9 Å². The lowest BCUT2D eigenvalue weighted by Crippen LogP contribution is -2.32. The van der Waals surface area contributed by atoms with Crippen molar-refractivity contribution in [3.8, 4) is 11.3 Å². The number of aromatic nitrogens is 3. The van der Waals surface area contributed by atoms with Gasteiger partial charge in [0.25, 0.3) is 11.8 Å². The van der Waals surface area contributed by atoms with Gasteiger partial charge in [-0.05, 0) is 49.2 Å². The van der Waals surface area contributed by atoms with Crippen LogP contribution in [-0.2, 0) is 0 Å². The van der Waals surface area contributed by atoms with Gasteiger partial charge in [0.1, 0.15) is 6.33 Å². The van der Waals surface area contributed by atoms with Gasteiger partial charge < -0.3 is 0 Å². The number of rotatable bonds is 4. The fourth-order valence-electron chi connectivity index (χ4n) is 4.20. The number of aryl methyl sites for hydroxylation is 1. The molecule has 0 spiro atoms. The molecule has 0 N–H and O–H groups in total. The molecule has 154 valence electrons. The summed E-state index contributed by atoms with van der Waals surface area (Å²) >= 11 is 2.22. The predicted molar refractivity (Wildman–Crippen MR) is 130 cm³/mol. The molecule has 0 fully saturated rings. The monoisotopic (exact) mass is 540 g/mol. The molecule has 2 aromatic carbocycles. The second-order valence-corrected chi connectivity index (χ2v) is 9.16. The summed E-state index contributed by atoms with van der Waals surface area (Å²) in [6.45, 7) is 3.89. The topological polar surface area (TPSA) is 68.1 Å². The molecule has 31 heavy (non-hydrogen) atoms. The number of carbonyl (C=O) groups is 2. The van der Waals surface area contributed by atoms with Gasteiger partial charge in [0.05, 0.1) is 22.9 Å². The Morgan fingerprint density at radius 2 is 1.71 bits per heavy atom. The smallest absolute Gasteiger partial charge is 0.262 e. The molecule has 0 bridgehead atoms. The van der Waals surface area contributed by atoms with E-state index in [1.165, 1.54) is 4.90 Å². The quantitative estimate of drug-likeness (QED) is 0.249. The van der Waals surface area contributed by atoms with E-state index in [0.29, 0.717) is 11.1 Å². The number of imide groups is 1. The van der Waals surface area contributed by atoms with Crippen LogP contribution in [0.1, 0.15) is 44.8 Å². The van der Waals surface area contributed by atoms with Crippen LogP contribution in [0.25, 0.3) is 22.3 Å². The SMILES string of the molecule is Cc1cc(-c2ncnc3c2ccn3SI)ccc1C(C)N1C(=O)c2ccccc2C1=O. The second kappa shape index (κ2) is 7.76. The Morgan fingerprint density at radius 1 is 1.00 bits per heavy atom. The van der Waals surface area contributed by atoms with Gasteiger partial charge in [-0.3, -0.25) is 18.5 Å². The standard InChI is InChI=1S/C23H17IN4O2S/c1-13-11-15(20-19-9-10-27(31-24)21(19)26-12-25-20)7-8-16(13)14(2)28-22(29)17-5-3-4-6-18(17)23(28)30/h3-12,14H,1-2H3.